The van der Waals surface area contributed by atoms with E-state index < -0.39 is 4.92 Å². The van der Waals surface area contributed by atoms with Crippen LogP contribution in [0.15, 0.2) is 12.1 Å². The molecule has 0 fully saturated rings. The van der Waals surface area contributed by atoms with E-state index in [1.54, 1.807) is 0 Å². The van der Waals surface area contributed by atoms with Crippen LogP contribution in [0.3, 0.4) is 0 Å². The average molecular weight is 300 g/mol. The molecular weight excluding hydrogens is 282 g/mol. The highest BCUT2D eigenvalue weighted by Crippen LogP contribution is 2.33. The van der Waals surface area contributed by atoms with Crippen molar-refractivity contribution in [2.75, 3.05) is 18.9 Å². The molecule has 2 N–H and O–H groups in total. The molecule has 0 saturated heterocycles. The lowest BCUT2D eigenvalue weighted by Crippen LogP contribution is -2.28. The molecule has 0 spiro atoms. The molecule has 6 nitrogen and oxygen atoms in total. The highest BCUT2D eigenvalue weighted by molar-refractivity contribution is 6.34. The summed E-state index contributed by atoms with van der Waals surface area (Å²) in [6, 6.07) is 2.65. The van der Waals surface area contributed by atoms with Gasteiger partial charge in [0.1, 0.15) is 5.69 Å². The Balaban J connectivity index is 3.02. The lowest BCUT2D eigenvalue weighted by atomic mass is 10.1. The monoisotopic (exact) mass is 299 g/mol. The van der Waals surface area contributed by atoms with E-state index >= 15 is 0 Å². The number of rotatable bonds is 6. The Labute approximate surface area is 122 Å². The van der Waals surface area contributed by atoms with Crippen molar-refractivity contribution >= 4 is 28.9 Å². The summed E-state index contributed by atoms with van der Waals surface area (Å²) in [6.07, 6.45) is 0.944. The Bertz CT molecular complexity index is 520. The molecule has 20 heavy (non-hydrogen) atoms. The predicted molar refractivity (Wildman–Crippen MR) is 79.4 cm³/mol. The van der Waals surface area contributed by atoms with Gasteiger partial charge in [0.2, 0.25) is 0 Å². The first-order valence-corrected chi connectivity index (χ1v) is 6.72. The van der Waals surface area contributed by atoms with Gasteiger partial charge in [-0.25, -0.2) is 0 Å². The number of nitro benzene ring substituents is 1. The third-order valence-corrected chi connectivity index (χ3v) is 3.38. The van der Waals surface area contributed by atoms with Crippen LogP contribution in [0.5, 0.6) is 0 Å². The highest BCUT2D eigenvalue weighted by atomic mass is 35.5. The number of anilines is 1. The summed E-state index contributed by atoms with van der Waals surface area (Å²) >= 11 is 5.97. The number of hydrogen-bond acceptors (Lipinski definition) is 4. The molecule has 0 saturated carbocycles. The fraction of sp³-hybridized carbons (Fsp3) is 0.462. The third-order valence-electron chi connectivity index (χ3n) is 3.09. The first kappa shape index (κ1) is 16.2. The van der Waals surface area contributed by atoms with Crippen molar-refractivity contribution in [3.8, 4) is 0 Å². The molecule has 1 atom stereocenters. The molecule has 0 aromatic heterocycles. The van der Waals surface area contributed by atoms with E-state index in [0.717, 1.165) is 6.42 Å². The van der Waals surface area contributed by atoms with Crippen molar-refractivity contribution in [2.45, 2.75) is 20.3 Å². The summed E-state index contributed by atoms with van der Waals surface area (Å²) in [7, 11) is 1.54. The van der Waals surface area contributed by atoms with E-state index in [-0.39, 0.29) is 27.9 Å². The summed E-state index contributed by atoms with van der Waals surface area (Å²) in [6.45, 7) is 4.56. The van der Waals surface area contributed by atoms with Crippen LogP contribution in [-0.2, 0) is 0 Å². The second-order valence-electron chi connectivity index (χ2n) is 4.58. The van der Waals surface area contributed by atoms with Gasteiger partial charge < -0.3 is 10.6 Å². The van der Waals surface area contributed by atoms with Crippen molar-refractivity contribution in [1.82, 2.24) is 5.32 Å². The van der Waals surface area contributed by atoms with Crippen molar-refractivity contribution in [3.63, 3.8) is 0 Å². The van der Waals surface area contributed by atoms with Gasteiger partial charge in [-0.05, 0) is 12.0 Å². The van der Waals surface area contributed by atoms with Gasteiger partial charge in [0.05, 0.1) is 9.95 Å². The summed E-state index contributed by atoms with van der Waals surface area (Å²) in [5.74, 6) is -0.0149. The second kappa shape index (κ2) is 7.09. The lowest BCUT2D eigenvalue weighted by Gasteiger charge is -2.11. The standard InChI is InChI=1S/C13H18ClN3O3/c1-4-8(2)7-16-13(18)9-5-10(14)12(15-3)11(6-9)17(19)20/h5-6,8,15H,4,7H2,1-3H3,(H,16,18). The summed E-state index contributed by atoms with van der Waals surface area (Å²) < 4.78 is 0. The number of halogens is 1. The molecule has 1 aromatic rings. The molecule has 0 aliphatic rings. The number of carbonyl (C=O) groups is 1. The topological polar surface area (TPSA) is 84.3 Å². The molecule has 0 heterocycles. The number of carbonyl (C=O) groups excluding carboxylic acids is 1. The van der Waals surface area contributed by atoms with Gasteiger partial charge in [0.15, 0.2) is 0 Å². The third kappa shape index (κ3) is 3.84. The second-order valence-corrected chi connectivity index (χ2v) is 4.99. The molecule has 0 aliphatic heterocycles. The minimum absolute atomic E-state index is 0.149. The molecule has 1 unspecified atom stereocenters. The van der Waals surface area contributed by atoms with Gasteiger partial charge in [-0.2, -0.15) is 0 Å². The van der Waals surface area contributed by atoms with Crippen LogP contribution in [0.1, 0.15) is 30.6 Å². The van der Waals surface area contributed by atoms with Crippen LogP contribution < -0.4 is 10.6 Å². The smallest absolute Gasteiger partial charge is 0.294 e. The van der Waals surface area contributed by atoms with E-state index in [4.69, 9.17) is 11.6 Å². The SMILES string of the molecule is CCC(C)CNC(=O)c1cc(Cl)c(NC)c([N+](=O)[O-])c1. The molecule has 7 heteroatoms. The number of nitro groups is 1. The molecular formula is C13H18ClN3O3. The quantitative estimate of drug-likeness (QED) is 0.624. The maximum Gasteiger partial charge on any atom is 0.294 e. The van der Waals surface area contributed by atoms with Gasteiger partial charge in [0, 0.05) is 25.2 Å². The zero-order chi connectivity index (χ0) is 15.3. The van der Waals surface area contributed by atoms with Crippen LogP contribution in [0.2, 0.25) is 5.02 Å². The largest absolute Gasteiger partial charge is 0.381 e. The van der Waals surface area contributed by atoms with Crippen LogP contribution >= 0.6 is 11.6 Å². The fourth-order valence-electron chi connectivity index (χ4n) is 1.63. The molecule has 1 aromatic carbocycles. The van der Waals surface area contributed by atoms with Gasteiger partial charge >= 0.3 is 0 Å². The first-order chi connectivity index (χ1) is 9.40. The zero-order valence-corrected chi connectivity index (χ0v) is 12.5. The minimum atomic E-state index is -0.566. The van der Waals surface area contributed by atoms with Gasteiger partial charge in [-0.3, -0.25) is 14.9 Å². The maximum absolute atomic E-state index is 12.0. The molecule has 0 bridgehead atoms. The van der Waals surface area contributed by atoms with Crippen molar-refractivity contribution in [3.05, 3.63) is 32.8 Å². The predicted octanol–water partition coefficient (Wildman–Crippen LogP) is 3.07. The Morgan fingerprint density at radius 3 is 2.65 bits per heavy atom. The maximum atomic E-state index is 12.0. The Morgan fingerprint density at radius 2 is 2.15 bits per heavy atom. The molecule has 1 amide bonds. The van der Waals surface area contributed by atoms with Gasteiger partial charge in [0.25, 0.3) is 11.6 Å². The normalized spacial score (nSPS) is 11.8. The Kier molecular flexibility index (Phi) is 5.76. The number of amides is 1. The molecule has 0 aliphatic carbocycles. The molecule has 1 rings (SSSR count). The fourth-order valence-corrected chi connectivity index (χ4v) is 1.94. The van der Waals surface area contributed by atoms with Gasteiger partial charge in [-0.1, -0.05) is 31.9 Å². The van der Waals surface area contributed by atoms with E-state index in [1.165, 1.54) is 19.2 Å². The van der Waals surface area contributed by atoms with Crippen LogP contribution in [0.25, 0.3) is 0 Å². The Morgan fingerprint density at radius 1 is 1.50 bits per heavy atom. The highest BCUT2D eigenvalue weighted by Gasteiger charge is 2.20. The Hall–Kier alpha value is -1.82. The van der Waals surface area contributed by atoms with Gasteiger partial charge in [-0.15, -0.1) is 0 Å². The van der Waals surface area contributed by atoms with Crippen LogP contribution in [0.4, 0.5) is 11.4 Å². The van der Waals surface area contributed by atoms with Crippen molar-refractivity contribution in [2.24, 2.45) is 5.92 Å². The van der Waals surface area contributed by atoms with E-state index in [0.29, 0.717) is 12.5 Å². The summed E-state index contributed by atoms with van der Waals surface area (Å²) in [5, 5.41) is 16.5. The van der Waals surface area contributed by atoms with E-state index in [9.17, 15) is 14.9 Å². The van der Waals surface area contributed by atoms with Crippen molar-refractivity contribution in [1.29, 1.82) is 0 Å². The first-order valence-electron chi connectivity index (χ1n) is 6.34. The van der Waals surface area contributed by atoms with Crippen LogP contribution in [0, 0.1) is 16.0 Å². The number of hydrogen-bond donors (Lipinski definition) is 2. The molecule has 0 radical (unpaired) electrons. The van der Waals surface area contributed by atoms with Crippen LogP contribution in [-0.4, -0.2) is 24.4 Å². The van der Waals surface area contributed by atoms with Crippen molar-refractivity contribution < 1.29 is 9.72 Å². The number of nitrogens with zero attached hydrogens (tertiary/aromatic N) is 1. The minimum Gasteiger partial charge on any atom is -0.381 e. The molecule has 110 valence electrons. The number of benzene rings is 1. The zero-order valence-electron chi connectivity index (χ0n) is 11.7. The van der Waals surface area contributed by atoms with E-state index in [1.807, 2.05) is 13.8 Å². The average Bonchev–Trinajstić information content (AvgIpc) is 2.43. The van der Waals surface area contributed by atoms with E-state index in [2.05, 4.69) is 10.6 Å². The summed E-state index contributed by atoms with van der Waals surface area (Å²) in [5.41, 5.74) is 0.174. The summed E-state index contributed by atoms with van der Waals surface area (Å²) in [4.78, 5) is 22.4. The lowest BCUT2D eigenvalue weighted by molar-refractivity contribution is -0.383. The number of nitrogens with one attached hydrogen (secondary N) is 2.